The summed E-state index contributed by atoms with van der Waals surface area (Å²) in [5.41, 5.74) is 0. The predicted molar refractivity (Wildman–Crippen MR) is 59.3 cm³/mol. The van der Waals surface area contributed by atoms with Crippen LogP contribution in [-0.2, 0) is 4.74 Å². The molecule has 1 N–H and O–H groups in total. The molecule has 0 saturated carbocycles. The molecular weight excluding hydrogens is 200 g/mol. The molecule has 0 aromatic carbocycles. The maximum atomic E-state index is 8.77. The number of aliphatic hydroxyl groups is 1. The first-order valence-corrected chi connectivity index (χ1v) is 5.43. The van der Waals surface area contributed by atoms with Crippen molar-refractivity contribution >= 4 is 17.4 Å². The molecule has 1 heterocycles. The van der Waals surface area contributed by atoms with Crippen LogP contribution < -0.4 is 0 Å². The van der Waals surface area contributed by atoms with E-state index in [1.54, 1.807) is 0 Å². The summed E-state index contributed by atoms with van der Waals surface area (Å²) in [6.45, 7) is 7.27. The van der Waals surface area contributed by atoms with Gasteiger partial charge in [-0.15, -0.1) is 0 Å². The van der Waals surface area contributed by atoms with Gasteiger partial charge in [-0.3, -0.25) is 4.90 Å². The molecule has 0 aromatic heterocycles. The number of piperazine rings is 1. The Morgan fingerprint density at radius 1 is 1.36 bits per heavy atom. The molecule has 0 unspecified atom stereocenters. The average Bonchev–Trinajstić information content (AvgIpc) is 2.20. The number of ether oxygens (including phenoxy) is 1. The Hall–Kier alpha value is -0.390. The highest BCUT2D eigenvalue weighted by Crippen LogP contribution is 2.03. The minimum Gasteiger partial charge on any atom is -0.471 e. The number of rotatable bonds is 3. The molecule has 1 rings (SSSR count). The first kappa shape index (κ1) is 11.7. The maximum absolute atomic E-state index is 8.77. The van der Waals surface area contributed by atoms with Crippen molar-refractivity contribution in [3.8, 4) is 0 Å². The molecule has 0 bridgehead atoms. The van der Waals surface area contributed by atoms with E-state index in [9.17, 15) is 0 Å². The second-order valence-electron chi connectivity index (χ2n) is 3.25. The SMILES string of the molecule is CCOC(=S)N1CCN(CCO)CC1. The van der Waals surface area contributed by atoms with Crippen molar-refractivity contribution < 1.29 is 9.84 Å². The highest BCUT2D eigenvalue weighted by molar-refractivity contribution is 7.80. The van der Waals surface area contributed by atoms with Gasteiger partial charge in [0.15, 0.2) is 0 Å². The van der Waals surface area contributed by atoms with Crippen LogP contribution >= 0.6 is 12.2 Å². The number of hydrogen-bond donors (Lipinski definition) is 1. The van der Waals surface area contributed by atoms with Crippen LogP contribution in [0.25, 0.3) is 0 Å². The second-order valence-corrected chi connectivity index (χ2v) is 3.60. The van der Waals surface area contributed by atoms with Gasteiger partial charge in [-0.1, -0.05) is 0 Å². The van der Waals surface area contributed by atoms with Crippen LogP contribution in [0.1, 0.15) is 6.92 Å². The molecule has 0 radical (unpaired) electrons. The van der Waals surface area contributed by atoms with Gasteiger partial charge < -0.3 is 14.7 Å². The van der Waals surface area contributed by atoms with Crippen molar-refractivity contribution in [1.29, 1.82) is 0 Å². The summed E-state index contributed by atoms with van der Waals surface area (Å²) in [4.78, 5) is 4.30. The molecule has 0 amide bonds. The van der Waals surface area contributed by atoms with Gasteiger partial charge in [0.05, 0.1) is 13.2 Å². The van der Waals surface area contributed by atoms with Crippen LogP contribution in [0.15, 0.2) is 0 Å². The minimum atomic E-state index is 0.232. The minimum absolute atomic E-state index is 0.232. The second kappa shape index (κ2) is 6.16. The number of hydrogen-bond acceptors (Lipinski definition) is 4. The van der Waals surface area contributed by atoms with Crippen molar-refractivity contribution in [2.45, 2.75) is 6.92 Å². The Kier molecular flexibility index (Phi) is 5.14. The summed E-state index contributed by atoms with van der Waals surface area (Å²) in [5, 5.41) is 9.38. The molecule has 0 aromatic rings. The quantitative estimate of drug-likeness (QED) is 0.670. The Bertz CT molecular complexity index is 182. The van der Waals surface area contributed by atoms with Crippen LogP contribution in [0.4, 0.5) is 0 Å². The van der Waals surface area contributed by atoms with E-state index < -0.39 is 0 Å². The van der Waals surface area contributed by atoms with E-state index in [2.05, 4.69) is 9.80 Å². The Morgan fingerprint density at radius 2 is 2.00 bits per heavy atom. The lowest BCUT2D eigenvalue weighted by Gasteiger charge is -2.35. The van der Waals surface area contributed by atoms with E-state index in [4.69, 9.17) is 22.1 Å². The Labute approximate surface area is 90.4 Å². The summed E-state index contributed by atoms with van der Waals surface area (Å²) in [7, 11) is 0. The molecule has 14 heavy (non-hydrogen) atoms. The van der Waals surface area contributed by atoms with Gasteiger partial charge in [0.1, 0.15) is 0 Å². The third-order valence-corrected chi connectivity index (χ3v) is 2.69. The molecular formula is C9H18N2O2S. The lowest BCUT2D eigenvalue weighted by Crippen LogP contribution is -2.49. The van der Waals surface area contributed by atoms with E-state index in [-0.39, 0.29) is 6.61 Å². The van der Waals surface area contributed by atoms with Crippen LogP contribution in [-0.4, -0.2) is 66.0 Å². The van der Waals surface area contributed by atoms with Crippen LogP contribution in [0.5, 0.6) is 0 Å². The van der Waals surface area contributed by atoms with E-state index in [0.717, 1.165) is 32.7 Å². The number of thiocarbonyl (C=S) groups is 1. The fraction of sp³-hybridized carbons (Fsp3) is 0.889. The van der Waals surface area contributed by atoms with Crippen molar-refractivity contribution in [3.05, 3.63) is 0 Å². The maximum Gasteiger partial charge on any atom is 0.259 e. The molecule has 0 aliphatic carbocycles. The zero-order valence-electron chi connectivity index (χ0n) is 8.61. The van der Waals surface area contributed by atoms with E-state index in [1.807, 2.05) is 6.92 Å². The fourth-order valence-electron chi connectivity index (χ4n) is 1.51. The van der Waals surface area contributed by atoms with E-state index >= 15 is 0 Å². The van der Waals surface area contributed by atoms with Gasteiger partial charge >= 0.3 is 0 Å². The first-order valence-electron chi connectivity index (χ1n) is 5.03. The zero-order chi connectivity index (χ0) is 10.4. The number of β-amino-alcohol motifs (C(OH)–C–C–N with tert-alkyl or cyclic N) is 1. The summed E-state index contributed by atoms with van der Waals surface area (Å²) >= 11 is 5.11. The van der Waals surface area contributed by atoms with Gasteiger partial charge in [-0.25, -0.2) is 0 Å². The molecule has 82 valence electrons. The monoisotopic (exact) mass is 218 g/mol. The zero-order valence-corrected chi connectivity index (χ0v) is 9.42. The number of nitrogens with zero attached hydrogens (tertiary/aromatic N) is 2. The van der Waals surface area contributed by atoms with Crippen molar-refractivity contribution in [3.63, 3.8) is 0 Å². The highest BCUT2D eigenvalue weighted by Gasteiger charge is 2.18. The van der Waals surface area contributed by atoms with Crippen molar-refractivity contribution in [1.82, 2.24) is 9.80 Å². The van der Waals surface area contributed by atoms with Gasteiger partial charge in [0.2, 0.25) is 0 Å². The summed E-state index contributed by atoms with van der Waals surface area (Å²) in [6.07, 6.45) is 0. The van der Waals surface area contributed by atoms with Gasteiger partial charge in [-0.2, -0.15) is 0 Å². The topological polar surface area (TPSA) is 35.9 Å². The van der Waals surface area contributed by atoms with Gasteiger partial charge in [0, 0.05) is 32.7 Å². The average molecular weight is 218 g/mol. The number of aliphatic hydroxyl groups excluding tert-OH is 1. The van der Waals surface area contributed by atoms with Crippen LogP contribution in [0.2, 0.25) is 0 Å². The standard InChI is InChI=1S/C9H18N2O2S/c1-2-13-9(14)11-5-3-10(4-6-11)7-8-12/h12H,2-8H2,1H3. The largest absolute Gasteiger partial charge is 0.471 e. The van der Waals surface area contributed by atoms with Crippen molar-refractivity contribution in [2.75, 3.05) is 45.9 Å². The highest BCUT2D eigenvalue weighted by atomic mass is 32.1. The molecule has 1 aliphatic heterocycles. The smallest absolute Gasteiger partial charge is 0.259 e. The molecule has 1 aliphatic rings. The molecule has 5 heteroatoms. The summed E-state index contributed by atoms with van der Waals surface area (Å²) in [5.74, 6) is 0. The summed E-state index contributed by atoms with van der Waals surface area (Å²) < 4.78 is 5.27. The molecule has 1 saturated heterocycles. The third kappa shape index (κ3) is 3.40. The normalized spacial score (nSPS) is 18.3. The predicted octanol–water partition coefficient (Wildman–Crippen LogP) is -0.0823. The Balaban J connectivity index is 2.24. The van der Waals surface area contributed by atoms with Crippen LogP contribution in [0, 0.1) is 0 Å². The van der Waals surface area contributed by atoms with Gasteiger partial charge in [0.25, 0.3) is 5.17 Å². The van der Waals surface area contributed by atoms with E-state index in [0.29, 0.717) is 11.8 Å². The lowest BCUT2D eigenvalue weighted by molar-refractivity contribution is 0.132. The van der Waals surface area contributed by atoms with Gasteiger partial charge in [-0.05, 0) is 19.1 Å². The molecule has 4 nitrogen and oxygen atoms in total. The molecule has 0 spiro atoms. The van der Waals surface area contributed by atoms with E-state index in [1.165, 1.54) is 0 Å². The lowest BCUT2D eigenvalue weighted by atomic mass is 10.3. The Morgan fingerprint density at radius 3 is 2.50 bits per heavy atom. The third-order valence-electron chi connectivity index (χ3n) is 2.31. The van der Waals surface area contributed by atoms with Crippen molar-refractivity contribution in [2.24, 2.45) is 0 Å². The van der Waals surface area contributed by atoms with Crippen LogP contribution in [0.3, 0.4) is 0 Å². The molecule has 1 fully saturated rings. The fourth-order valence-corrected chi connectivity index (χ4v) is 1.81. The summed E-state index contributed by atoms with van der Waals surface area (Å²) in [6, 6.07) is 0. The first-order chi connectivity index (χ1) is 6.77. The molecule has 0 atom stereocenters.